The van der Waals surface area contributed by atoms with Gasteiger partial charge in [-0.05, 0) is 50.0 Å². The highest BCUT2D eigenvalue weighted by Gasteiger charge is 2.35. The van der Waals surface area contributed by atoms with Crippen molar-refractivity contribution in [3.8, 4) is 0 Å². The molecule has 1 unspecified atom stereocenters. The Labute approximate surface area is 130 Å². The molecular weight excluding hydrogens is 282 g/mol. The third-order valence-electron chi connectivity index (χ3n) is 4.99. The summed E-state index contributed by atoms with van der Waals surface area (Å²) in [5.74, 6) is -0.0425. The van der Waals surface area contributed by atoms with Crippen LogP contribution in [0.15, 0.2) is 23.1 Å². The number of hydrogen-bond acceptors (Lipinski definition) is 3. The van der Waals surface area contributed by atoms with E-state index in [-0.39, 0.29) is 0 Å². The molecular formula is C17H23NO2S. The molecule has 114 valence electrons. The third kappa shape index (κ3) is 2.78. The lowest BCUT2D eigenvalue weighted by Crippen LogP contribution is -2.35. The van der Waals surface area contributed by atoms with Crippen LogP contribution in [0.4, 0.5) is 5.69 Å². The Balaban J connectivity index is 1.96. The smallest absolute Gasteiger partial charge is 0.338 e. The maximum atomic E-state index is 11.7. The number of carboxylic acids is 1. The van der Waals surface area contributed by atoms with Gasteiger partial charge in [0, 0.05) is 17.5 Å². The first-order chi connectivity index (χ1) is 10.2. The lowest BCUT2D eigenvalue weighted by Gasteiger charge is -2.32. The van der Waals surface area contributed by atoms with E-state index in [9.17, 15) is 9.90 Å². The Hall–Kier alpha value is -1.16. The van der Waals surface area contributed by atoms with Crippen molar-refractivity contribution in [1.82, 2.24) is 0 Å². The van der Waals surface area contributed by atoms with Crippen LogP contribution in [-0.4, -0.2) is 29.9 Å². The van der Waals surface area contributed by atoms with Crippen molar-refractivity contribution in [1.29, 1.82) is 0 Å². The average Bonchev–Trinajstić information content (AvgIpc) is 3.16. The largest absolute Gasteiger partial charge is 0.478 e. The highest BCUT2D eigenvalue weighted by Crippen LogP contribution is 2.40. The van der Waals surface area contributed by atoms with Crippen LogP contribution in [-0.2, 0) is 0 Å². The summed E-state index contributed by atoms with van der Waals surface area (Å²) in [7, 11) is 0. The quantitative estimate of drug-likeness (QED) is 0.844. The molecule has 2 aliphatic rings. The number of rotatable bonds is 4. The molecule has 3 rings (SSSR count). The Kier molecular flexibility index (Phi) is 4.43. The van der Waals surface area contributed by atoms with E-state index in [4.69, 9.17) is 0 Å². The van der Waals surface area contributed by atoms with Crippen molar-refractivity contribution in [2.45, 2.75) is 49.5 Å². The van der Waals surface area contributed by atoms with Crippen LogP contribution in [0, 0.1) is 5.92 Å². The SMILES string of the molecule is CSc1cccc(N2CCCC2C2CCCC2)c1C(=O)O. The molecule has 1 atom stereocenters. The summed E-state index contributed by atoms with van der Waals surface area (Å²) >= 11 is 1.52. The molecule has 1 saturated carbocycles. The van der Waals surface area contributed by atoms with Gasteiger partial charge in [0.05, 0.1) is 11.3 Å². The number of nitrogens with zero attached hydrogens (tertiary/aromatic N) is 1. The summed E-state index contributed by atoms with van der Waals surface area (Å²) in [6.45, 7) is 0.999. The van der Waals surface area contributed by atoms with E-state index in [1.807, 2.05) is 24.5 Å². The van der Waals surface area contributed by atoms with Gasteiger partial charge in [0.25, 0.3) is 0 Å². The first-order valence-corrected chi connectivity index (χ1v) is 9.11. The number of benzene rings is 1. The number of hydrogen-bond donors (Lipinski definition) is 1. The van der Waals surface area contributed by atoms with Gasteiger partial charge in [-0.1, -0.05) is 18.9 Å². The predicted molar refractivity (Wildman–Crippen MR) is 87.5 cm³/mol. The van der Waals surface area contributed by atoms with Gasteiger partial charge in [0.15, 0.2) is 0 Å². The molecule has 1 aromatic carbocycles. The maximum Gasteiger partial charge on any atom is 0.338 e. The van der Waals surface area contributed by atoms with Gasteiger partial charge in [-0.2, -0.15) is 0 Å². The van der Waals surface area contributed by atoms with Gasteiger partial charge < -0.3 is 10.0 Å². The van der Waals surface area contributed by atoms with E-state index < -0.39 is 5.97 Å². The van der Waals surface area contributed by atoms with Crippen LogP contribution < -0.4 is 4.90 Å². The highest BCUT2D eigenvalue weighted by atomic mass is 32.2. The van der Waals surface area contributed by atoms with Crippen LogP contribution in [0.25, 0.3) is 0 Å². The Bertz CT molecular complexity index is 526. The second kappa shape index (κ2) is 6.30. The molecule has 1 aromatic rings. The molecule has 0 amide bonds. The standard InChI is InChI=1S/C17H23NO2S/c1-21-15-10-4-8-14(16(15)17(19)20)18-11-5-9-13(18)12-6-2-3-7-12/h4,8,10,12-13H,2-3,5-7,9,11H2,1H3,(H,19,20). The average molecular weight is 305 g/mol. The van der Waals surface area contributed by atoms with Crippen molar-refractivity contribution in [3.63, 3.8) is 0 Å². The molecule has 0 spiro atoms. The van der Waals surface area contributed by atoms with Gasteiger partial charge >= 0.3 is 5.97 Å². The number of anilines is 1. The lowest BCUT2D eigenvalue weighted by atomic mass is 9.95. The minimum atomic E-state index is -0.799. The van der Waals surface area contributed by atoms with Gasteiger partial charge in [-0.15, -0.1) is 11.8 Å². The third-order valence-corrected chi connectivity index (χ3v) is 5.77. The molecule has 0 radical (unpaired) electrons. The zero-order valence-corrected chi connectivity index (χ0v) is 13.4. The van der Waals surface area contributed by atoms with Gasteiger partial charge in [-0.3, -0.25) is 0 Å². The van der Waals surface area contributed by atoms with Crippen molar-refractivity contribution < 1.29 is 9.90 Å². The number of aromatic carboxylic acids is 1. The summed E-state index contributed by atoms with van der Waals surface area (Å²) in [6.07, 6.45) is 9.65. The number of carboxylic acid groups (broad SMARTS) is 1. The number of thioether (sulfide) groups is 1. The second-order valence-corrected chi connectivity index (χ2v) is 6.96. The fraction of sp³-hybridized carbons (Fsp3) is 0.588. The van der Waals surface area contributed by atoms with Crippen LogP contribution in [0.5, 0.6) is 0 Å². The fourth-order valence-electron chi connectivity index (χ4n) is 4.07. The molecule has 4 heteroatoms. The number of carbonyl (C=O) groups is 1. The van der Waals surface area contributed by atoms with Gasteiger partial charge in [-0.25, -0.2) is 4.79 Å². The van der Waals surface area contributed by atoms with E-state index in [0.717, 1.165) is 23.0 Å². The minimum Gasteiger partial charge on any atom is -0.478 e. The van der Waals surface area contributed by atoms with Gasteiger partial charge in [0.2, 0.25) is 0 Å². The van der Waals surface area contributed by atoms with Crippen LogP contribution in [0.1, 0.15) is 48.9 Å². The van der Waals surface area contributed by atoms with E-state index >= 15 is 0 Å². The van der Waals surface area contributed by atoms with Crippen molar-refractivity contribution in [2.75, 3.05) is 17.7 Å². The van der Waals surface area contributed by atoms with Crippen LogP contribution >= 0.6 is 11.8 Å². The van der Waals surface area contributed by atoms with Crippen LogP contribution in [0.2, 0.25) is 0 Å². The molecule has 0 bridgehead atoms. The molecule has 3 nitrogen and oxygen atoms in total. The molecule has 1 heterocycles. The molecule has 1 aliphatic carbocycles. The molecule has 1 aliphatic heterocycles. The summed E-state index contributed by atoms with van der Waals surface area (Å²) in [5.41, 5.74) is 1.43. The Morgan fingerprint density at radius 2 is 2.00 bits per heavy atom. The summed E-state index contributed by atoms with van der Waals surface area (Å²) in [6, 6.07) is 6.45. The molecule has 1 saturated heterocycles. The Morgan fingerprint density at radius 1 is 1.24 bits per heavy atom. The summed E-state index contributed by atoms with van der Waals surface area (Å²) in [5, 5.41) is 9.65. The topological polar surface area (TPSA) is 40.5 Å². The first kappa shape index (κ1) is 14.8. The van der Waals surface area contributed by atoms with Gasteiger partial charge in [0.1, 0.15) is 0 Å². The summed E-state index contributed by atoms with van der Waals surface area (Å²) in [4.78, 5) is 15.0. The van der Waals surface area contributed by atoms with E-state index in [1.54, 1.807) is 0 Å². The maximum absolute atomic E-state index is 11.7. The van der Waals surface area contributed by atoms with E-state index in [0.29, 0.717) is 11.6 Å². The second-order valence-electron chi connectivity index (χ2n) is 6.11. The predicted octanol–water partition coefficient (Wildman–Crippen LogP) is 4.27. The molecule has 2 fully saturated rings. The van der Waals surface area contributed by atoms with Crippen molar-refractivity contribution in [2.24, 2.45) is 5.92 Å². The molecule has 21 heavy (non-hydrogen) atoms. The highest BCUT2D eigenvalue weighted by molar-refractivity contribution is 7.98. The fourth-order valence-corrected chi connectivity index (χ4v) is 4.68. The lowest BCUT2D eigenvalue weighted by molar-refractivity contribution is 0.0693. The minimum absolute atomic E-state index is 0.495. The van der Waals surface area contributed by atoms with E-state index in [1.165, 1.54) is 50.3 Å². The van der Waals surface area contributed by atoms with E-state index in [2.05, 4.69) is 4.90 Å². The van der Waals surface area contributed by atoms with Crippen LogP contribution in [0.3, 0.4) is 0 Å². The molecule has 1 N–H and O–H groups in total. The van der Waals surface area contributed by atoms with Crippen molar-refractivity contribution in [3.05, 3.63) is 23.8 Å². The monoisotopic (exact) mass is 305 g/mol. The van der Waals surface area contributed by atoms with Crippen molar-refractivity contribution >= 4 is 23.4 Å². The zero-order chi connectivity index (χ0) is 14.8. The normalized spacial score (nSPS) is 22.9. The zero-order valence-electron chi connectivity index (χ0n) is 12.5. The first-order valence-electron chi connectivity index (χ1n) is 7.89. The Morgan fingerprint density at radius 3 is 2.67 bits per heavy atom. The molecule has 0 aromatic heterocycles. The summed E-state index contributed by atoms with van der Waals surface area (Å²) < 4.78 is 0.